The smallest absolute Gasteiger partial charge is 0.311 e. The van der Waals surface area contributed by atoms with Gasteiger partial charge < -0.3 is 14.3 Å². The van der Waals surface area contributed by atoms with Crippen LogP contribution in [-0.2, 0) is 26.8 Å². The van der Waals surface area contributed by atoms with Gasteiger partial charge in [-0.05, 0) is 52.6 Å². The standard InChI is InChI=1S/C26H38O5Si/c1-25(2,3)19-17-21(31-23(29)12-11-22(27)28)20(26(4,5)6)16-18(19)13-15-32(7,8)24-10-9-14-30-24/h9-10,14,16-17H,11-13,15H2,1-8H3,(H,27,28). The van der Waals surface area contributed by atoms with Gasteiger partial charge in [0.05, 0.1) is 24.5 Å². The first-order valence-corrected chi connectivity index (χ1v) is 14.5. The van der Waals surface area contributed by atoms with Crippen molar-refractivity contribution in [3.8, 4) is 5.75 Å². The number of rotatable bonds is 8. The molecule has 0 aliphatic heterocycles. The van der Waals surface area contributed by atoms with Crippen LogP contribution in [0.15, 0.2) is 34.9 Å². The van der Waals surface area contributed by atoms with Crippen LogP contribution in [0.3, 0.4) is 0 Å². The molecule has 0 radical (unpaired) electrons. The summed E-state index contributed by atoms with van der Waals surface area (Å²) in [6.45, 7) is 17.4. The Kier molecular flexibility index (Phi) is 7.82. The highest BCUT2D eigenvalue weighted by Crippen LogP contribution is 2.39. The van der Waals surface area contributed by atoms with Gasteiger partial charge in [0.15, 0.2) is 0 Å². The third-order valence-electron chi connectivity index (χ3n) is 5.80. The van der Waals surface area contributed by atoms with Crippen LogP contribution in [-0.4, -0.2) is 25.1 Å². The predicted molar refractivity (Wildman–Crippen MR) is 131 cm³/mol. The van der Waals surface area contributed by atoms with E-state index < -0.39 is 20.0 Å². The summed E-state index contributed by atoms with van der Waals surface area (Å²) in [4.78, 5) is 23.2. The number of carboxylic acids is 1. The molecular weight excluding hydrogens is 420 g/mol. The number of ether oxygens (including phenoxy) is 1. The molecule has 1 heterocycles. The maximum atomic E-state index is 12.3. The number of carbonyl (C=O) groups is 2. The van der Waals surface area contributed by atoms with E-state index in [1.54, 1.807) is 6.26 Å². The number of carbonyl (C=O) groups excluding carboxylic acids is 1. The number of benzene rings is 1. The maximum Gasteiger partial charge on any atom is 0.311 e. The molecule has 0 spiro atoms. The van der Waals surface area contributed by atoms with Gasteiger partial charge in [-0.3, -0.25) is 9.59 Å². The van der Waals surface area contributed by atoms with Crippen molar-refractivity contribution in [3.05, 3.63) is 47.2 Å². The quantitative estimate of drug-likeness (QED) is 0.307. The van der Waals surface area contributed by atoms with Gasteiger partial charge in [-0.1, -0.05) is 60.7 Å². The number of hydrogen-bond acceptors (Lipinski definition) is 4. The Morgan fingerprint density at radius 3 is 2.12 bits per heavy atom. The molecule has 0 fully saturated rings. The molecule has 0 aliphatic carbocycles. The SMILES string of the molecule is CC(C)(C)c1cc(OC(=O)CCC(=O)O)c(C(C)(C)C)cc1CC[Si](C)(C)c1ccco1. The number of hydrogen-bond donors (Lipinski definition) is 1. The summed E-state index contributed by atoms with van der Waals surface area (Å²) in [5.41, 5.74) is 3.00. The van der Waals surface area contributed by atoms with Crippen LogP contribution in [0.4, 0.5) is 0 Å². The summed E-state index contributed by atoms with van der Waals surface area (Å²) in [5.74, 6) is -0.993. The minimum absolute atomic E-state index is 0.135. The molecule has 1 aromatic carbocycles. The number of carboxylic acid groups (broad SMARTS) is 1. The molecule has 0 bridgehead atoms. The lowest BCUT2D eigenvalue weighted by Gasteiger charge is -2.30. The fourth-order valence-corrected chi connectivity index (χ4v) is 5.89. The van der Waals surface area contributed by atoms with Crippen molar-refractivity contribution in [1.82, 2.24) is 0 Å². The molecule has 32 heavy (non-hydrogen) atoms. The van der Waals surface area contributed by atoms with E-state index in [-0.39, 0.29) is 23.7 Å². The monoisotopic (exact) mass is 458 g/mol. The van der Waals surface area contributed by atoms with Crippen molar-refractivity contribution < 1.29 is 23.8 Å². The zero-order chi connectivity index (χ0) is 24.3. The largest absolute Gasteiger partial charge is 0.481 e. The van der Waals surface area contributed by atoms with Crippen molar-refractivity contribution in [2.75, 3.05) is 0 Å². The Bertz CT molecular complexity index is 944. The molecule has 1 aromatic heterocycles. The fourth-order valence-electron chi connectivity index (χ4n) is 3.82. The van der Waals surface area contributed by atoms with Gasteiger partial charge in [0.25, 0.3) is 0 Å². The second-order valence-electron chi connectivity index (χ2n) is 11.2. The van der Waals surface area contributed by atoms with E-state index in [1.165, 1.54) is 5.56 Å². The maximum absolute atomic E-state index is 12.3. The first kappa shape index (κ1) is 25.9. The minimum Gasteiger partial charge on any atom is -0.481 e. The lowest BCUT2D eigenvalue weighted by Crippen LogP contribution is -2.40. The number of furan rings is 1. The molecule has 2 rings (SSSR count). The van der Waals surface area contributed by atoms with Crippen molar-refractivity contribution in [2.24, 2.45) is 0 Å². The summed E-state index contributed by atoms with van der Waals surface area (Å²) >= 11 is 0. The van der Waals surface area contributed by atoms with Crippen LogP contribution in [0.25, 0.3) is 0 Å². The normalized spacial score (nSPS) is 12.6. The lowest BCUT2D eigenvalue weighted by atomic mass is 9.78. The molecule has 0 aliphatic rings. The zero-order valence-electron chi connectivity index (χ0n) is 20.8. The topological polar surface area (TPSA) is 76.7 Å². The van der Waals surface area contributed by atoms with Crippen LogP contribution in [0.5, 0.6) is 5.75 Å². The molecule has 176 valence electrons. The Morgan fingerprint density at radius 2 is 1.62 bits per heavy atom. The Balaban J connectivity index is 2.45. The first-order valence-electron chi connectivity index (χ1n) is 11.3. The molecule has 5 nitrogen and oxygen atoms in total. The molecular formula is C26H38O5Si. The van der Waals surface area contributed by atoms with E-state index >= 15 is 0 Å². The molecule has 2 aromatic rings. The van der Waals surface area contributed by atoms with E-state index in [1.807, 2.05) is 12.1 Å². The van der Waals surface area contributed by atoms with E-state index in [2.05, 4.69) is 66.8 Å². The highest BCUT2D eigenvalue weighted by molar-refractivity contribution is 6.88. The van der Waals surface area contributed by atoms with Crippen molar-refractivity contribution in [2.45, 2.75) is 90.8 Å². The molecule has 0 saturated carbocycles. The van der Waals surface area contributed by atoms with Gasteiger partial charge in [0, 0.05) is 5.56 Å². The summed E-state index contributed by atoms with van der Waals surface area (Å²) < 4.78 is 11.4. The summed E-state index contributed by atoms with van der Waals surface area (Å²) in [6.07, 6.45) is 2.29. The number of aliphatic carboxylic acids is 1. The van der Waals surface area contributed by atoms with Crippen LogP contribution in [0.2, 0.25) is 19.1 Å². The van der Waals surface area contributed by atoms with E-state index in [0.717, 1.165) is 29.0 Å². The van der Waals surface area contributed by atoms with Crippen LogP contribution in [0, 0.1) is 0 Å². The van der Waals surface area contributed by atoms with Gasteiger partial charge in [0.2, 0.25) is 0 Å². The van der Waals surface area contributed by atoms with Gasteiger partial charge in [-0.25, -0.2) is 0 Å². The predicted octanol–water partition coefficient (Wildman–Crippen LogP) is 5.80. The molecule has 0 saturated heterocycles. The summed E-state index contributed by atoms with van der Waals surface area (Å²) in [6, 6.07) is 9.26. The fraction of sp³-hybridized carbons (Fsp3) is 0.538. The van der Waals surface area contributed by atoms with Gasteiger partial charge in [-0.15, -0.1) is 0 Å². The van der Waals surface area contributed by atoms with Gasteiger partial charge in [-0.2, -0.15) is 0 Å². The lowest BCUT2D eigenvalue weighted by molar-refractivity contribution is -0.142. The highest BCUT2D eigenvalue weighted by Gasteiger charge is 2.30. The third kappa shape index (κ3) is 6.83. The van der Waals surface area contributed by atoms with Gasteiger partial charge >= 0.3 is 11.9 Å². The average Bonchev–Trinajstić information content (AvgIpc) is 3.19. The first-order chi connectivity index (χ1) is 14.6. The zero-order valence-corrected chi connectivity index (χ0v) is 21.8. The summed E-state index contributed by atoms with van der Waals surface area (Å²) in [7, 11) is -1.72. The van der Waals surface area contributed by atoms with Crippen molar-refractivity contribution in [3.63, 3.8) is 0 Å². The molecule has 0 unspecified atom stereocenters. The van der Waals surface area contributed by atoms with Crippen molar-refractivity contribution in [1.29, 1.82) is 0 Å². The van der Waals surface area contributed by atoms with Crippen LogP contribution >= 0.6 is 0 Å². The molecule has 0 atom stereocenters. The minimum atomic E-state index is -1.72. The second kappa shape index (κ2) is 9.65. The number of esters is 1. The van der Waals surface area contributed by atoms with E-state index in [0.29, 0.717) is 5.75 Å². The molecule has 6 heteroatoms. The van der Waals surface area contributed by atoms with Gasteiger partial charge in [0.1, 0.15) is 13.8 Å². The third-order valence-corrected chi connectivity index (χ3v) is 8.91. The Morgan fingerprint density at radius 1 is 1.00 bits per heavy atom. The Hall–Kier alpha value is -2.34. The molecule has 1 N–H and O–H groups in total. The van der Waals surface area contributed by atoms with E-state index in [4.69, 9.17) is 14.3 Å². The van der Waals surface area contributed by atoms with Crippen LogP contribution in [0.1, 0.15) is 71.1 Å². The van der Waals surface area contributed by atoms with Crippen LogP contribution < -0.4 is 10.1 Å². The highest BCUT2D eigenvalue weighted by atomic mass is 28.3. The van der Waals surface area contributed by atoms with E-state index in [9.17, 15) is 9.59 Å². The number of aryl methyl sites for hydroxylation is 1. The second-order valence-corrected chi connectivity index (χ2v) is 16.0. The average molecular weight is 459 g/mol. The van der Waals surface area contributed by atoms with Crippen molar-refractivity contribution >= 4 is 25.4 Å². The molecule has 0 amide bonds. The Labute approximate surface area is 193 Å². The summed E-state index contributed by atoms with van der Waals surface area (Å²) in [5, 5.41) is 9.99.